The summed E-state index contributed by atoms with van der Waals surface area (Å²) in [5.74, 6) is -3.03. The number of nitrogens with one attached hydrogen (secondary N) is 2. The van der Waals surface area contributed by atoms with E-state index in [1.54, 1.807) is 0 Å². The van der Waals surface area contributed by atoms with E-state index < -0.39 is 48.1 Å². The van der Waals surface area contributed by atoms with Crippen molar-refractivity contribution < 1.29 is 29.7 Å². The second-order valence-corrected chi connectivity index (χ2v) is 4.58. The van der Waals surface area contributed by atoms with Crippen LogP contribution in [0.3, 0.4) is 0 Å². The lowest BCUT2D eigenvalue weighted by Crippen LogP contribution is -2.59. The average molecular weight is 291 g/mol. The first-order valence-electron chi connectivity index (χ1n) is 6.03. The molecule has 0 aliphatic carbocycles. The van der Waals surface area contributed by atoms with Crippen molar-refractivity contribution in [1.29, 1.82) is 0 Å². The number of carbonyl (C=O) groups is 3. The Morgan fingerprint density at radius 2 is 1.30 bits per heavy atom. The zero-order chi connectivity index (χ0) is 16.0. The lowest BCUT2D eigenvalue weighted by molar-refractivity contribution is -0.145. The molecule has 2 amide bonds. The molecule has 0 saturated heterocycles. The number of hydrogen-bond acceptors (Lipinski definition) is 6. The lowest BCUT2D eigenvalue weighted by atomic mass is 10.1. The Morgan fingerprint density at radius 1 is 0.900 bits per heavy atom. The van der Waals surface area contributed by atoms with E-state index in [1.807, 2.05) is 5.32 Å². The van der Waals surface area contributed by atoms with Gasteiger partial charge in [-0.2, -0.15) is 0 Å². The highest BCUT2D eigenvalue weighted by molar-refractivity contribution is 5.92. The Hall–Kier alpha value is -1.71. The Morgan fingerprint density at radius 3 is 1.60 bits per heavy atom. The SMILES string of the molecule is CC(N)C(=O)NC(C(=O)NC(C(=O)O)C(C)O)C(C)O. The van der Waals surface area contributed by atoms with Crippen LogP contribution >= 0.6 is 0 Å². The maximum Gasteiger partial charge on any atom is 0.328 e. The number of aliphatic carboxylic acids is 1. The summed E-state index contributed by atoms with van der Waals surface area (Å²) >= 11 is 0. The van der Waals surface area contributed by atoms with E-state index in [-0.39, 0.29) is 0 Å². The molecule has 7 N–H and O–H groups in total. The minimum Gasteiger partial charge on any atom is -0.480 e. The molecule has 5 atom stereocenters. The summed E-state index contributed by atoms with van der Waals surface area (Å²) in [5, 5.41) is 31.8. The summed E-state index contributed by atoms with van der Waals surface area (Å²) < 4.78 is 0. The fourth-order valence-corrected chi connectivity index (χ4v) is 1.32. The van der Waals surface area contributed by atoms with Crippen LogP contribution in [0.5, 0.6) is 0 Å². The molecule has 0 saturated carbocycles. The number of nitrogens with two attached hydrogens (primary N) is 1. The molecule has 116 valence electrons. The van der Waals surface area contributed by atoms with E-state index in [1.165, 1.54) is 20.8 Å². The highest BCUT2D eigenvalue weighted by Gasteiger charge is 2.32. The van der Waals surface area contributed by atoms with E-state index in [2.05, 4.69) is 5.32 Å². The van der Waals surface area contributed by atoms with Gasteiger partial charge in [0, 0.05) is 0 Å². The van der Waals surface area contributed by atoms with Gasteiger partial charge in [0.1, 0.15) is 6.04 Å². The normalized spacial score (nSPS) is 18.3. The quantitative estimate of drug-likeness (QED) is 0.294. The van der Waals surface area contributed by atoms with Gasteiger partial charge in [0.05, 0.1) is 18.2 Å². The first-order valence-corrected chi connectivity index (χ1v) is 6.03. The lowest BCUT2D eigenvalue weighted by Gasteiger charge is -2.24. The second kappa shape index (κ2) is 7.78. The van der Waals surface area contributed by atoms with Crippen LogP contribution in [-0.4, -0.2) is 63.4 Å². The van der Waals surface area contributed by atoms with Gasteiger partial charge in [-0.25, -0.2) is 4.79 Å². The van der Waals surface area contributed by atoms with Crippen molar-refractivity contribution in [1.82, 2.24) is 10.6 Å². The van der Waals surface area contributed by atoms with E-state index in [4.69, 9.17) is 10.8 Å². The van der Waals surface area contributed by atoms with Gasteiger partial charge < -0.3 is 31.7 Å². The van der Waals surface area contributed by atoms with Crippen LogP contribution < -0.4 is 16.4 Å². The third-order valence-electron chi connectivity index (χ3n) is 2.52. The molecule has 0 fully saturated rings. The van der Waals surface area contributed by atoms with Gasteiger partial charge in [0.25, 0.3) is 0 Å². The van der Waals surface area contributed by atoms with Gasteiger partial charge in [-0.05, 0) is 20.8 Å². The van der Waals surface area contributed by atoms with Crippen molar-refractivity contribution in [2.75, 3.05) is 0 Å². The van der Waals surface area contributed by atoms with Gasteiger partial charge >= 0.3 is 5.97 Å². The molecule has 20 heavy (non-hydrogen) atoms. The number of rotatable bonds is 7. The van der Waals surface area contributed by atoms with Crippen LogP contribution in [-0.2, 0) is 14.4 Å². The number of carboxylic acids is 1. The van der Waals surface area contributed by atoms with Crippen LogP contribution in [0.25, 0.3) is 0 Å². The maximum atomic E-state index is 11.9. The van der Waals surface area contributed by atoms with Crippen molar-refractivity contribution in [3.63, 3.8) is 0 Å². The number of aliphatic hydroxyl groups is 2. The molecule has 0 heterocycles. The number of hydrogen-bond donors (Lipinski definition) is 6. The van der Waals surface area contributed by atoms with Crippen molar-refractivity contribution in [3.8, 4) is 0 Å². The van der Waals surface area contributed by atoms with Crippen molar-refractivity contribution in [2.45, 2.75) is 51.1 Å². The molecule has 0 rings (SSSR count). The number of amides is 2. The van der Waals surface area contributed by atoms with Crippen LogP contribution in [0, 0.1) is 0 Å². The van der Waals surface area contributed by atoms with Crippen molar-refractivity contribution >= 4 is 17.8 Å². The third-order valence-corrected chi connectivity index (χ3v) is 2.52. The van der Waals surface area contributed by atoms with Crippen LogP contribution in [0.4, 0.5) is 0 Å². The van der Waals surface area contributed by atoms with E-state index >= 15 is 0 Å². The minimum atomic E-state index is -1.55. The van der Waals surface area contributed by atoms with Crippen LogP contribution in [0.2, 0.25) is 0 Å². The molecule has 0 radical (unpaired) electrons. The van der Waals surface area contributed by atoms with E-state index in [9.17, 15) is 24.6 Å². The molecule has 9 heteroatoms. The van der Waals surface area contributed by atoms with Crippen LogP contribution in [0.15, 0.2) is 0 Å². The van der Waals surface area contributed by atoms with E-state index in [0.717, 1.165) is 0 Å². The molecule has 0 bridgehead atoms. The molecule has 0 aromatic rings. The summed E-state index contributed by atoms with van der Waals surface area (Å²) in [6.45, 7) is 3.84. The topological polar surface area (TPSA) is 162 Å². The van der Waals surface area contributed by atoms with Gasteiger partial charge in [0.2, 0.25) is 11.8 Å². The highest BCUT2D eigenvalue weighted by Crippen LogP contribution is 1.99. The Balaban J connectivity index is 4.89. The molecule has 9 nitrogen and oxygen atoms in total. The predicted molar refractivity (Wildman–Crippen MR) is 68.5 cm³/mol. The van der Waals surface area contributed by atoms with Gasteiger partial charge in [-0.15, -0.1) is 0 Å². The second-order valence-electron chi connectivity index (χ2n) is 4.58. The number of aliphatic hydroxyl groups excluding tert-OH is 2. The third kappa shape index (κ3) is 5.51. The molecule has 0 aromatic carbocycles. The van der Waals surface area contributed by atoms with Crippen molar-refractivity contribution in [3.05, 3.63) is 0 Å². The highest BCUT2D eigenvalue weighted by atomic mass is 16.4. The predicted octanol–water partition coefficient (Wildman–Crippen LogP) is -2.85. The average Bonchev–Trinajstić information content (AvgIpc) is 2.30. The largest absolute Gasteiger partial charge is 0.480 e. The summed E-state index contributed by atoms with van der Waals surface area (Å²) in [7, 11) is 0. The zero-order valence-corrected chi connectivity index (χ0v) is 11.5. The van der Waals surface area contributed by atoms with Gasteiger partial charge in [0.15, 0.2) is 6.04 Å². The number of carbonyl (C=O) groups excluding carboxylic acids is 2. The fraction of sp³-hybridized carbons (Fsp3) is 0.727. The number of carboxylic acid groups (broad SMARTS) is 1. The molecular formula is C11H21N3O6. The summed E-state index contributed by atoms with van der Waals surface area (Å²) in [4.78, 5) is 34.1. The molecule has 0 aliphatic rings. The van der Waals surface area contributed by atoms with E-state index in [0.29, 0.717) is 0 Å². The standard InChI is InChI=1S/C11H21N3O6/c1-4(12)9(17)13-7(5(2)15)10(18)14-8(6(3)16)11(19)20/h4-8,15-16H,12H2,1-3H3,(H,13,17)(H,14,18)(H,19,20). The Labute approximate surface area is 116 Å². The Kier molecular flexibility index (Phi) is 7.11. The van der Waals surface area contributed by atoms with Crippen molar-refractivity contribution in [2.24, 2.45) is 5.73 Å². The first kappa shape index (κ1) is 18.3. The summed E-state index contributed by atoms with van der Waals surface area (Å²) in [5.41, 5.74) is 5.32. The molecule has 5 unspecified atom stereocenters. The monoisotopic (exact) mass is 291 g/mol. The Bertz CT molecular complexity index is 369. The minimum absolute atomic E-state index is 0.671. The molecule has 0 spiro atoms. The first-order chi connectivity index (χ1) is 9.07. The zero-order valence-electron chi connectivity index (χ0n) is 11.5. The maximum absolute atomic E-state index is 11.9. The smallest absolute Gasteiger partial charge is 0.328 e. The molecular weight excluding hydrogens is 270 g/mol. The fourth-order valence-electron chi connectivity index (χ4n) is 1.32. The summed E-state index contributed by atoms with van der Waals surface area (Å²) in [6.07, 6.45) is -2.60. The summed E-state index contributed by atoms with van der Waals surface area (Å²) in [6, 6.07) is -3.80. The molecule has 0 aliphatic heterocycles. The van der Waals surface area contributed by atoms with Gasteiger partial charge in [-0.1, -0.05) is 0 Å². The van der Waals surface area contributed by atoms with Gasteiger partial charge in [-0.3, -0.25) is 9.59 Å². The van der Waals surface area contributed by atoms with Crippen LogP contribution in [0.1, 0.15) is 20.8 Å². The molecule has 0 aromatic heterocycles.